The summed E-state index contributed by atoms with van der Waals surface area (Å²) in [4.78, 5) is 63.5. The van der Waals surface area contributed by atoms with Crippen LogP contribution in [0.5, 0.6) is 0 Å². The first-order valence-electron chi connectivity index (χ1n) is 10.9. The molecule has 1 aliphatic carbocycles. The first-order valence-corrected chi connectivity index (χ1v) is 12.1. The first kappa shape index (κ1) is 23.8. The molecular formula is C26H17ClN2O6S. The zero-order chi connectivity index (χ0) is 25.4. The van der Waals surface area contributed by atoms with Gasteiger partial charge >= 0.3 is 5.97 Å². The van der Waals surface area contributed by atoms with Gasteiger partial charge in [0.2, 0.25) is 5.91 Å². The van der Waals surface area contributed by atoms with Crippen molar-refractivity contribution in [2.45, 2.75) is 16.6 Å². The SMILES string of the molecule is O=C(COC(=O)CC1Sc2ccccc2NC1=O)Nc1cc2c(cc1Cl)C(=O)c1ccccc1C2=O. The molecule has 0 bridgehead atoms. The van der Waals surface area contributed by atoms with Gasteiger partial charge in [0.15, 0.2) is 18.2 Å². The number of esters is 1. The summed E-state index contributed by atoms with van der Waals surface area (Å²) < 4.78 is 5.04. The van der Waals surface area contributed by atoms with Crippen LogP contribution in [0.15, 0.2) is 65.6 Å². The average Bonchev–Trinajstić information content (AvgIpc) is 2.87. The molecule has 8 nitrogen and oxygen atoms in total. The summed E-state index contributed by atoms with van der Waals surface area (Å²) in [6.45, 7) is -0.614. The zero-order valence-corrected chi connectivity index (χ0v) is 20.1. The Kier molecular flexibility index (Phi) is 6.34. The number of hydrogen-bond acceptors (Lipinski definition) is 7. The quantitative estimate of drug-likeness (QED) is 0.380. The van der Waals surface area contributed by atoms with Crippen molar-refractivity contribution in [2.24, 2.45) is 0 Å². The summed E-state index contributed by atoms with van der Waals surface area (Å²) >= 11 is 7.51. The van der Waals surface area contributed by atoms with Gasteiger partial charge in [-0.2, -0.15) is 0 Å². The fourth-order valence-electron chi connectivity index (χ4n) is 3.98. The number of hydrogen-bond donors (Lipinski definition) is 2. The van der Waals surface area contributed by atoms with E-state index in [1.807, 2.05) is 12.1 Å². The lowest BCUT2D eigenvalue weighted by molar-refractivity contribution is -0.147. The van der Waals surface area contributed by atoms with E-state index in [1.165, 1.54) is 23.9 Å². The molecule has 0 saturated carbocycles. The smallest absolute Gasteiger partial charge is 0.307 e. The van der Waals surface area contributed by atoms with Crippen LogP contribution in [-0.2, 0) is 19.1 Å². The Balaban J connectivity index is 1.22. The van der Waals surface area contributed by atoms with Crippen LogP contribution in [0.2, 0.25) is 5.02 Å². The molecule has 180 valence electrons. The van der Waals surface area contributed by atoms with Crippen LogP contribution in [0, 0.1) is 0 Å². The standard InChI is InChI=1S/C26H17ClN2O6S/c27-17-9-15-16(25(33)14-6-2-1-5-13(14)24(15)32)10-19(17)28-22(30)12-35-23(31)11-21-26(34)29-18-7-3-4-8-20(18)36-21/h1-10,21H,11-12H2,(H,28,30)(H,29,34). The number of benzene rings is 3. The van der Waals surface area contributed by atoms with E-state index in [0.717, 1.165) is 4.90 Å². The molecule has 0 fully saturated rings. The second kappa shape index (κ2) is 9.60. The summed E-state index contributed by atoms with van der Waals surface area (Å²) in [6, 6.07) is 16.4. The number of anilines is 2. The number of carbonyl (C=O) groups excluding carboxylic acids is 5. The van der Waals surface area contributed by atoms with E-state index in [2.05, 4.69) is 10.6 Å². The highest BCUT2D eigenvalue weighted by Gasteiger charge is 2.31. The Morgan fingerprint density at radius 3 is 2.28 bits per heavy atom. The highest BCUT2D eigenvalue weighted by Crippen LogP contribution is 2.37. The minimum Gasteiger partial charge on any atom is -0.456 e. The van der Waals surface area contributed by atoms with E-state index in [0.29, 0.717) is 11.3 Å². The molecule has 3 aromatic rings. The Morgan fingerprint density at radius 1 is 0.917 bits per heavy atom. The number of ketones is 2. The van der Waals surface area contributed by atoms with Gasteiger partial charge in [-0.25, -0.2) is 0 Å². The molecule has 1 aliphatic heterocycles. The van der Waals surface area contributed by atoms with Crippen molar-refractivity contribution in [3.63, 3.8) is 0 Å². The molecule has 3 aromatic carbocycles. The van der Waals surface area contributed by atoms with Crippen LogP contribution < -0.4 is 10.6 Å². The molecule has 1 atom stereocenters. The predicted octanol–water partition coefficient (Wildman–Crippen LogP) is 4.10. The Labute approximate surface area is 214 Å². The fourth-order valence-corrected chi connectivity index (χ4v) is 5.29. The number of thioether (sulfide) groups is 1. The average molecular weight is 521 g/mol. The molecule has 1 heterocycles. The van der Waals surface area contributed by atoms with E-state index in [-0.39, 0.29) is 51.3 Å². The van der Waals surface area contributed by atoms with Crippen LogP contribution in [-0.4, -0.2) is 41.2 Å². The lowest BCUT2D eigenvalue weighted by Gasteiger charge is -2.23. The number of nitrogens with one attached hydrogen (secondary N) is 2. The monoisotopic (exact) mass is 520 g/mol. The van der Waals surface area contributed by atoms with Crippen molar-refractivity contribution in [3.05, 3.63) is 87.9 Å². The van der Waals surface area contributed by atoms with Crippen molar-refractivity contribution in [2.75, 3.05) is 17.2 Å². The summed E-state index contributed by atoms with van der Waals surface area (Å²) in [5.41, 5.74) is 1.63. The molecule has 2 amide bonds. The number of amides is 2. The van der Waals surface area contributed by atoms with Crippen LogP contribution in [0.4, 0.5) is 11.4 Å². The molecule has 0 spiro atoms. The lowest BCUT2D eigenvalue weighted by atomic mass is 9.84. The maximum atomic E-state index is 12.9. The fraction of sp³-hybridized carbons (Fsp3) is 0.115. The van der Waals surface area contributed by atoms with Gasteiger partial charge < -0.3 is 15.4 Å². The topological polar surface area (TPSA) is 119 Å². The number of rotatable bonds is 5. The molecule has 10 heteroatoms. The van der Waals surface area contributed by atoms with Crippen LogP contribution in [0.3, 0.4) is 0 Å². The number of ether oxygens (including phenoxy) is 1. The van der Waals surface area contributed by atoms with Gasteiger partial charge in [0.25, 0.3) is 5.91 Å². The van der Waals surface area contributed by atoms with Crippen molar-refractivity contribution < 1.29 is 28.7 Å². The number of carbonyl (C=O) groups is 5. The van der Waals surface area contributed by atoms with E-state index < -0.39 is 23.7 Å². The zero-order valence-electron chi connectivity index (χ0n) is 18.5. The molecular weight excluding hydrogens is 504 g/mol. The summed E-state index contributed by atoms with van der Waals surface area (Å²) in [6.07, 6.45) is -0.215. The Morgan fingerprint density at radius 2 is 1.56 bits per heavy atom. The second-order valence-electron chi connectivity index (χ2n) is 8.09. The van der Waals surface area contributed by atoms with Gasteiger partial charge in [-0.05, 0) is 24.3 Å². The molecule has 0 saturated heterocycles. The van der Waals surface area contributed by atoms with Gasteiger partial charge in [-0.1, -0.05) is 48.0 Å². The summed E-state index contributed by atoms with van der Waals surface area (Å²) in [5, 5.41) is 4.62. The Hall–Kier alpha value is -3.95. The van der Waals surface area contributed by atoms with Crippen molar-refractivity contribution in [1.29, 1.82) is 0 Å². The molecule has 5 rings (SSSR count). The molecule has 1 unspecified atom stereocenters. The van der Waals surface area contributed by atoms with Gasteiger partial charge in [0.05, 0.1) is 28.1 Å². The van der Waals surface area contributed by atoms with Crippen molar-refractivity contribution in [1.82, 2.24) is 0 Å². The Bertz CT molecular complexity index is 1470. The van der Waals surface area contributed by atoms with Crippen LogP contribution in [0.1, 0.15) is 38.3 Å². The van der Waals surface area contributed by atoms with Gasteiger partial charge in [0, 0.05) is 27.1 Å². The maximum Gasteiger partial charge on any atom is 0.307 e. The van der Waals surface area contributed by atoms with Gasteiger partial charge in [0.1, 0.15) is 0 Å². The molecule has 0 aromatic heterocycles. The minimum absolute atomic E-state index is 0.0582. The largest absolute Gasteiger partial charge is 0.456 e. The maximum absolute atomic E-state index is 12.9. The van der Waals surface area contributed by atoms with Gasteiger partial charge in [-0.3, -0.25) is 24.0 Å². The van der Waals surface area contributed by atoms with Crippen LogP contribution in [0.25, 0.3) is 0 Å². The molecule has 0 radical (unpaired) electrons. The summed E-state index contributed by atoms with van der Waals surface area (Å²) in [7, 11) is 0. The minimum atomic E-state index is -0.717. The lowest BCUT2D eigenvalue weighted by Crippen LogP contribution is -2.32. The number of para-hydroxylation sites is 1. The van der Waals surface area contributed by atoms with E-state index in [9.17, 15) is 24.0 Å². The van der Waals surface area contributed by atoms with Gasteiger partial charge in [-0.15, -0.1) is 11.8 Å². The van der Waals surface area contributed by atoms with E-state index in [1.54, 1.807) is 36.4 Å². The summed E-state index contributed by atoms with van der Waals surface area (Å²) in [5.74, 6) is -2.41. The highest BCUT2D eigenvalue weighted by atomic mass is 35.5. The van der Waals surface area contributed by atoms with E-state index >= 15 is 0 Å². The third-order valence-electron chi connectivity index (χ3n) is 5.71. The normalized spacial score (nSPS) is 15.8. The first-order chi connectivity index (χ1) is 17.3. The van der Waals surface area contributed by atoms with Crippen LogP contribution >= 0.6 is 23.4 Å². The number of fused-ring (bicyclic) bond motifs is 3. The third-order valence-corrected chi connectivity index (χ3v) is 7.30. The predicted molar refractivity (Wildman–Crippen MR) is 134 cm³/mol. The highest BCUT2D eigenvalue weighted by molar-refractivity contribution is 8.01. The molecule has 2 aliphatic rings. The molecule has 36 heavy (non-hydrogen) atoms. The van der Waals surface area contributed by atoms with E-state index in [4.69, 9.17) is 16.3 Å². The van der Waals surface area contributed by atoms with Crippen molar-refractivity contribution in [3.8, 4) is 0 Å². The molecule has 2 N–H and O–H groups in total. The van der Waals surface area contributed by atoms with Crippen molar-refractivity contribution >= 4 is 64.1 Å². The second-order valence-corrected chi connectivity index (χ2v) is 9.74. The third kappa shape index (κ3) is 4.50. The number of halogens is 1.